The Balaban J connectivity index is 3.43. The Morgan fingerprint density at radius 1 is 0.938 bits per heavy atom. The number of ether oxygens (including phenoxy) is 1. The maximum atomic E-state index is 12.1. The molecular weight excluding hydrogens is 327 g/mol. The molecule has 0 aliphatic rings. The Hall–Kier alpha value is 0.330. The van der Waals surface area contributed by atoms with Gasteiger partial charge in [0, 0.05) is 5.56 Å². The topological polar surface area (TPSA) is 9.23 Å². The molecule has 90 valence electrons. The van der Waals surface area contributed by atoms with Crippen LogP contribution in [0.5, 0.6) is 5.75 Å². The van der Waals surface area contributed by atoms with E-state index >= 15 is 0 Å². The molecule has 1 rings (SSSR count). The van der Waals surface area contributed by atoms with E-state index in [9.17, 15) is 8.78 Å². The van der Waals surface area contributed by atoms with E-state index in [0.29, 0.717) is 0 Å². The molecule has 1 aromatic carbocycles. The number of hydrogen-bond acceptors (Lipinski definition) is 1. The number of rotatable bonds is 3. The van der Waals surface area contributed by atoms with Crippen LogP contribution in [0.2, 0.25) is 20.1 Å². The second-order valence-electron chi connectivity index (χ2n) is 2.58. The minimum Gasteiger partial charge on any atom is -0.432 e. The first-order chi connectivity index (χ1) is 7.40. The van der Waals surface area contributed by atoms with Crippen LogP contribution < -0.4 is 4.74 Å². The van der Waals surface area contributed by atoms with Crippen LogP contribution in [0.3, 0.4) is 0 Å². The molecule has 0 amide bonds. The maximum Gasteiger partial charge on any atom is 0.387 e. The zero-order valence-electron chi connectivity index (χ0n) is 7.34. The normalized spacial score (nSPS) is 11.0. The Labute approximate surface area is 115 Å². The first kappa shape index (κ1) is 14.4. The summed E-state index contributed by atoms with van der Waals surface area (Å²) in [5, 5.41) is -0.548. The largest absolute Gasteiger partial charge is 0.432 e. The molecule has 0 aliphatic carbocycles. The van der Waals surface area contributed by atoms with E-state index in [1.807, 2.05) is 0 Å². The molecule has 0 unspecified atom stereocenters. The van der Waals surface area contributed by atoms with E-state index in [1.54, 1.807) is 0 Å². The van der Waals surface area contributed by atoms with Gasteiger partial charge < -0.3 is 4.74 Å². The van der Waals surface area contributed by atoms with Gasteiger partial charge in [0.05, 0.1) is 20.9 Å². The fourth-order valence-corrected chi connectivity index (χ4v) is 2.51. The van der Waals surface area contributed by atoms with Gasteiger partial charge in [-0.25, -0.2) is 0 Å². The van der Waals surface area contributed by atoms with Crippen LogP contribution in [0.1, 0.15) is 5.56 Å². The summed E-state index contributed by atoms with van der Waals surface area (Å²) in [5.74, 6) is -0.530. The lowest BCUT2D eigenvalue weighted by Crippen LogP contribution is -2.04. The molecule has 0 aliphatic heterocycles. The van der Waals surface area contributed by atoms with Gasteiger partial charge in [0.25, 0.3) is 0 Å². The molecule has 16 heavy (non-hydrogen) atoms. The van der Waals surface area contributed by atoms with Crippen LogP contribution >= 0.6 is 58.0 Å². The van der Waals surface area contributed by atoms with Crippen molar-refractivity contribution >= 4 is 58.0 Å². The number of benzene rings is 1. The molecule has 0 aromatic heterocycles. The third kappa shape index (κ3) is 2.77. The molecule has 0 fully saturated rings. The Morgan fingerprint density at radius 3 is 1.94 bits per heavy atom. The van der Waals surface area contributed by atoms with Gasteiger partial charge in [-0.3, -0.25) is 0 Å². The molecule has 1 nitrogen and oxygen atoms in total. The summed E-state index contributed by atoms with van der Waals surface area (Å²) in [5.41, 5.74) is 0.190. The molecular formula is C8H3Cl5F2O. The molecule has 8 heteroatoms. The Morgan fingerprint density at radius 2 is 1.50 bits per heavy atom. The van der Waals surface area contributed by atoms with Gasteiger partial charge in [-0.1, -0.05) is 46.4 Å². The van der Waals surface area contributed by atoms with Gasteiger partial charge in [-0.2, -0.15) is 8.78 Å². The van der Waals surface area contributed by atoms with Crippen molar-refractivity contribution in [3.05, 3.63) is 25.7 Å². The summed E-state index contributed by atoms with van der Waals surface area (Å²) in [4.78, 5) is 0. The first-order valence-electron chi connectivity index (χ1n) is 3.75. The lowest BCUT2D eigenvalue weighted by Gasteiger charge is -2.14. The fourth-order valence-electron chi connectivity index (χ4n) is 0.968. The summed E-state index contributed by atoms with van der Waals surface area (Å²) in [6.07, 6.45) is 0. The molecule has 0 radical (unpaired) electrons. The summed E-state index contributed by atoms with van der Waals surface area (Å²) in [6, 6.07) is 0. The van der Waals surface area contributed by atoms with Crippen LogP contribution in [0, 0.1) is 0 Å². The SMILES string of the molecule is FC(F)Oc1c(Cl)c(Cl)c(Cl)c(CCl)c1Cl. The van der Waals surface area contributed by atoms with Crippen LogP contribution in [0.25, 0.3) is 0 Å². The molecule has 0 bridgehead atoms. The number of alkyl halides is 3. The Bertz CT molecular complexity index is 410. The highest BCUT2D eigenvalue weighted by Gasteiger charge is 2.22. The van der Waals surface area contributed by atoms with Crippen molar-refractivity contribution in [3.8, 4) is 5.75 Å². The quantitative estimate of drug-likeness (QED) is 0.396. The van der Waals surface area contributed by atoms with Crippen LogP contribution in [0.15, 0.2) is 0 Å². The first-order valence-corrected chi connectivity index (χ1v) is 5.80. The van der Waals surface area contributed by atoms with Gasteiger partial charge in [0.2, 0.25) is 0 Å². The van der Waals surface area contributed by atoms with Crippen molar-refractivity contribution in [2.24, 2.45) is 0 Å². The van der Waals surface area contributed by atoms with Gasteiger partial charge in [-0.05, 0) is 0 Å². The highest BCUT2D eigenvalue weighted by Crippen LogP contribution is 2.46. The van der Waals surface area contributed by atoms with Gasteiger partial charge in [0.15, 0.2) is 5.75 Å². The van der Waals surface area contributed by atoms with Crippen molar-refractivity contribution in [3.63, 3.8) is 0 Å². The molecule has 0 N–H and O–H groups in total. The molecule has 0 saturated carbocycles. The van der Waals surface area contributed by atoms with Gasteiger partial charge in [0.1, 0.15) is 5.02 Å². The van der Waals surface area contributed by atoms with Crippen molar-refractivity contribution < 1.29 is 13.5 Å². The molecule has 0 saturated heterocycles. The minimum atomic E-state index is -3.07. The number of halogens is 7. The lowest BCUT2D eigenvalue weighted by molar-refractivity contribution is -0.0497. The van der Waals surface area contributed by atoms with Gasteiger partial charge >= 0.3 is 6.61 Å². The average molecular weight is 330 g/mol. The predicted molar refractivity (Wildman–Crippen MR) is 62.7 cm³/mol. The van der Waals surface area contributed by atoms with Crippen LogP contribution in [0.4, 0.5) is 8.78 Å². The van der Waals surface area contributed by atoms with Crippen molar-refractivity contribution in [1.29, 1.82) is 0 Å². The standard InChI is InChI=1S/C8H3Cl5F2O/c9-1-2-3(10)5(12)6(13)7(4(2)11)16-8(14)15/h8H,1H2. The Kier molecular flexibility index (Phi) is 5.20. The summed E-state index contributed by atoms with van der Waals surface area (Å²) in [7, 11) is 0. The van der Waals surface area contributed by atoms with Crippen molar-refractivity contribution in [2.75, 3.05) is 0 Å². The molecule has 0 spiro atoms. The second kappa shape index (κ2) is 5.78. The highest BCUT2D eigenvalue weighted by molar-refractivity contribution is 6.51. The highest BCUT2D eigenvalue weighted by atomic mass is 35.5. The second-order valence-corrected chi connectivity index (χ2v) is 4.35. The van der Waals surface area contributed by atoms with Crippen molar-refractivity contribution in [2.45, 2.75) is 12.5 Å². The third-order valence-corrected chi connectivity index (χ3v) is 3.67. The fraction of sp³-hybridized carbons (Fsp3) is 0.250. The van der Waals surface area contributed by atoms with Crippen LogP contribution in [-0.4, -0.2) is 6.61 Å². The maximum absolute atomic E-state index is 12.1. The van der Waals surface area contributed by atoms with Crippen LogP contribution in [-0.2, 0) is 5.88 Å². The monoisotopic (exact) mass is 328 g/mol. The molecule has 1 aromatic rings. The molecule has 0 heterocycles. The lowest BCUT2D eigenvalue weighted by atomic mass is 10.2. The zero-order chi connectivity index (χ0) is 12.5. The predicted octanol–water partition coefficient (Wildman–Crippen LogP) is 5.64. The summed E-state index contributed by atoms with van der Waals surface area (Å²) in [6.45, 7) is -3.07. The van der Waals surface area contributed by atoms with E-state index < -0.39 is 12.4 Å². The van der Waals surface area contributed by atoms with E-state index in [-0.39, 0.29) is 31.5 Å². The summed E-state index contributed by atoms with van der Waals surface area (Å²) >= 11 is 28.5. The third-order valence-electron chi connectivity index (χ3n) is 1.65. The van der Waals surface area contributed by atoms with Gasteiger partial charge in [-0.15, -0.1) is 11.6 Å². The molecule has 0 atom stereocenters. The van der Waals surface area contributed by atoms with E-state index in [0.717, 1.165) is 0 Å². The van der Waals surface area contributed by atoms with Crippen molar-refractivity contribution in [1.82, 2.24) is 0 Å². The zero-order valence-corrected chi connectivity index (χ0v) is 11.1. The minimum absolute atomic E-state index is 0.0216. The van der Waals surface area contributed by atoms with E-state index in [2.05, 4.69) is 4.74 Å². The van der Waals surface area contributed by atoms with E-state index in [4.69, 9.17) is 58.0 Å². The average Bonchev–Trinajstić information content (AvgIpc) is 2.22. The smallest absolute Gasteiger partial charge is 0.387 e. The summed E-state index contributed by atoms with van der Waals surface area (Å²) < 4.78 is 28.4. The van der Waals surface area contributed by atoms with E-state index in [1.165, 1.54) is 0 Å². The number of hydrogen-bond donors (Lipinski definition) is 0.